The molecule has 0 aliphatic rings. The van der Waals surface area contributed by atoms with Gasteiger partial charge in [-0.3, -0.25) is 0 Å². The molecular weight excluding hydrogens is 216 g/mol. The molecule has 0 bridgehead atoms. The van der Waals surface area contributed by atoms with Gasteiger partial charge in [-0.2, -0.15) is 0 Å². The lowest BCUT2D eigenvalue weighted by molar-refractivity contribution is 0.403. The number of benzene rings is 1. The zero-order valence-corrected chi connectivity index (χ0v) is 11.3. The van der Waals surface area contributed by atoms with Gasteiger partial charge in [0.15, 0.2) is 0 Å². The van der Waals surface area contributed by atoms with Gasteiger partial charge in [0.05, 0.1) is 0 Å². The maximum absolute atomic E-state index is 3.44. The van der Waals surface area contributed by atoms with Crippen LogP contribution in [0.1, 0.15) is 5.56 Å². The Morgan fingerprint density at radius 1 is 1.19 bits per heavy atom. The minimum atomic E-state index is 1.07. The van der Waals surface area contributed by atoms with Gasteiger partial charge in [0.2, 0.25) is 0 Å². The maximum Gasteiger partial charge on any atom is 0.0106 e. The summed E-state index contributed by atoms with van der Waals surface area (Å²) < 4.78 is 0. The second-order valence-electron chi connectivity index (χ2n) is 4.17. The van der Waals surface area contributed by atoms with Gasteiger partial charge in [0.1, 0.15) is 0 Å². The molecule has 0 aliphatic carbocycles. The number of nitrogens with zero attached hydrogens (tertiary/aromatic N) is 1. The Morgan fingerprint density at radius 3 is 2.62 bits per heavy atom. The molecule has 2 nitrogen and oxygen atoms in total. The van der Waals surface area contributed by atoms with Crippen molar-refractivity contribution in [2.75, 3.05) is 39.5 Å². The zero-order valence-electron chi connectivity index (χ0n) is 10.5. The van der Waals surface area contributed by atoms with E-state index in [4.69, 9.17) is 0 Å². The molecular formula is C13H22N2S. The molecule has 90 valence electrons. The number of hydrogen-bond acceptors (Lipinski definition) is 3. The van der Waals surface area contributed by atoms with E-state index in [1.165, 1.54) is 10.5 Å². The third-order valence-corrected chi connectivity index (χ3v) is 3.54. The van der Waals surface area contributed by atoms with E-state index in [0.29, 0.717) is 0 Å². The lowest BCUT2D eigenvalue weighted by Crippen LogP contribution is -2.27. The van der Waals surface area contributed by atoms with Crippen LogP contribution in [0.15, 0.2) is 29.2 Å². The molecule has 0 atom stereocenters. The lowest BCUT2D eigenvalue weighted by Gasteiger charge is -2.10. The van der Waals surface area contributed by atoms with Crippen molar-refractivity contribution in [3.05, 3.63) is 29.8 Å². The van der Waals surface area contributed by atoms with Crippen LogP contribution in [0.5, 0.6) is 0 Å². The van der Waals surface area contributed by atoms with Gasteiger partial charge >= 0.3 is 0 Å². The lowest BCUT2D eigenvalue weighted by atomic mass is 10.2. The van der Waals surface area contributed by atoms with Crippen LogP contribution >= 0.6 is 11.8 Å². The van der Waals surface area contributed by atoms with Gasteiger partial charge in [-0.25, -0.2) is 0 Å². The Bertz CT molecular complexity index is 300. The molecule has 1 N–H and O–H groups in total. The monoisotopic (exact) mass is 238 g/mol. The first kappa shape index (κ1) is 13.6. The smallest absolute Gasteiger partial charge is 0.0106 e. The Labute approximate surface area is 103 Å². The van der Waals surface area contributed by atoms with E-state index >= 15 is 0 Å². The topological polar surface area (TPSA) is 15.3 Å². The molecule has 0 aliphatic heterocycles. The van der Waals surface area contributed by atoms with E-state index in [9.17, 15) is 0 Å². The fourth-order valence-electron chi connectivity index (χ4n) is 1.38. The second-order valence-corrected chi connectivity index (χ2v) is 5.30. The Morgan fingerprint density at radius 2 is 1.94 bits per heavy atom. The molecule has 1 aromatic rings. The van der Waals surface area contributed by atoms with Crippen molar-refractivity contribution in [3.8, 4) is 0 Å². The summed E-state index contributed by atoms with van der Waals surface area (Å²) in [6, 6.07) is 8.56. The van der Waals surface area contributed by atoms with Crippen LogP contribution in [0.3, 0.4) is 0 Å². The largest absolute Gasteiger partial charge is 0.315 e. The summed E-state index contributed by atoms with van der Waals surface area (Å²) in [6.45, 7) is 5.42. The number of aryl methyl sites for hydroxylation is 1. The van der Waals surface area contributed by atoms with E-state index in [2.05, 4.69) is 55.5 Å². The average molecular weight is 238 g/mol. The third kappa shape index (κ3) is 5.54. The van der Waals surface area contributed by atoms with E-state index in [0.717, 1.165) is 25.4 Å². The fraction of sp³-hybridized carbons (Fsp3) is 0.538. The standard InChI is InChI=1S/C13H22N2S/c1-12-6-4-5-7-13(12)16-11-9-14-8-10-15(2)3/h4-7,14H,8-11H2,1-3H3. The second kappa shape index (κ2) is 7.71. The Balaban J connectivity index is 2.10. The van der Waals surface area contributed by atoms with Crippen LogP contribution in [0.4, 0.5) is 0 Å². The van der Waals surface area contributed by atoms with E-state index in [1.807, 2.05) is 11.8 Å². The number of rotatable bonds is 7. The molecule has 1 aromatic carbocycles. The van der Waals surface area contributed by atoms with Gasteiger partial charge in [0.25, 0.3) is 0 Å². The molecule has 0 saturated carbocycles. The highest BCUT2D eigenvalue weighted by molar-refractivity contribution is 7.99. The number of nitrogens with one attached hydrogen (secondary N) is 1. The Kier molecular flexibility index (Phi) is 6.53. The molecule has 0 radical (unpaired) electrons. The summed E-state index contributed by atoms with van der Waals surface area (Å²) in [5, 5.41) is 3.44. The van der Waals surface area contributed by atoms with Gasteiger partial charge < -0.3 is 10.2 Å². The summed E-state index contributed by atoms with van der Waals surface area (Å²) in [5.74, 6) is 1.14. The molecule has 0 aromatic heterocycles. The Hall–Kier alpha value is -0.510. The summed E-state index contributed by atoms with van der Waals surface area (Å²) in [4.78, 5) is 3.60. The molecule has 0 saturated heterocycles. The normalized spacial score (nSPS) is 11.0. The quantitative estimate of drug-likeness (QED) is 0.579. The number of hydrogen-bond donors (Lipinski definition) is 1. The minimum absolute atomic E-state index is 1.07. The highest BCUT2D eigenvalue weighted by atomic mass is 32.2. The first-order valence-electron chi connectivity index (χ1n) is 5.74. The number of likely N-dealkylation sites (N-methyl/N-ethyl adjacent to an activating group) is 1. The fourth-order valence-corrected chi connectivity index (χ4v) is 2.32. The van der Waals surface area contributed by atoms with Crippen molar-refractivity contribution in [2.45, 2.75) is 11.8 Å². The van der Waals surface area contributed by atoms with Crippen molar-refractivity contribution in [2.24, 2.45) is 0 Å². The molecule has 0 heterocycles. The summed E-state index contributed by atoms with van der Waals surface area (Å²) in [5.41, 5.74) is 1.38. The molecule has 0 spiro atoms. The molecule has 0 amide bonds. The first-order valence-corrected chi connectivity index (χ1v) is 6.72. The highest BCUT2D eigenvalue weighted by Gasteiger charge is 1.97. The predicted molar refractivity (Wildman–Crippen MR) is 73.3 cm³/mol. The van der Waals surface area contributed by atoms with Crippen molar-refractivity contribution >= 4 is 11.8 Å². The first-order chi connectivity index (χ1) is 7.70. The highest BCUT2D eigenvalue weighted by Crippen LogP contribution is 2.20. The van der Waals surface area contributed by atoms with Crippen LogP contribution < -0.4 is 5.32 Å². The van der Waals surface area contributed by atoms with Crippen LogP contribution in [0.25, 0.3) is 0 Å². The molecule has 1 rings (SSSR count). The molecule has 16 heavy (non-hydrogen) atoms. The minimum Gasteiger partial charge on any atom is -0.315 e. The van der Waals surface area contributed by atoms with Crippen molar-refractivity contribution in [3.63, 3.8) is 0 Å². The zero-order chi connectivity index (χ0) is 11.8. The SMILES string of the molecule is Cc1ccccc1SCCNCCN(C)C. The van der Waals surface area contributed by atoms with Crippen LogP contribution in [-0.2, 0) is 0 Å². The van der Waals surface area contributed by atoms with Crippen molar-refractivity contribution < 1.29 is 0 Å². The van der Waals surface area contributed by atoms with Gasteiger partial charge in [-0.1, -0.05) is 18.2 Å². The molecule has 0 fully saturated rings. The molecule has 0 unspecified atom stereocenters. The van der Waals surface area contributed by atoms with Crippen LogP contribution in [-0.4, -0.2) is 44.4 Å². The predicted octanol–water partition coefficient (Wildman–Crippen LogP) is 2.24. The average Bonchev–Trinajstić information content (AvgIpc) is 2.25. The van der Waals surface area contributed by atoms with Crippen molar-refractivity contribution in [1.29, 1.82) is 0 Å². The van der Waals surface area contributed by atoms with Gasteiger partial charge in [0, 0.05) is 30.3 Å². The summed E-state index contributed by atoms with van der Waals surface area (Å²) >= 11 is 1.93. The maximum atomic E-state index is 3.44. The third-order valence-electron chi connectivity index (χ3n) is 2.37. The summed E-state index contributed by atoms with van der Waals surface area (Å²) in [6.07, 6.45) is 0. The van der Waals surface area contributed by atoms with E-state index in [1.54, 1.807) is 0 Å². The van der Waals surface area contributed by atoms with Gasteiger partial charge in [-0.05, 0) is 32.6 Å². The summed E-state index contributed by atoms with van der Waals surface area (Å²) in [7, 11) is 4.20. The van der Waals surface area contributed by atoms with E-state index in [-0.39, 0.29) is 0 Å². The molecule has 3 heteroatoms. The van der Waals surface area contributed by atoms with Gasteiger partial charge in [-0.15, -0.1) is 11.8 Å². The van der Waals surface area contributed by atoms with Crippen LogP contribution in [0.2, 0.25) is 0 Å². The van der Waals surface area contributed by atoms with Crippen LogP contribution in [0, 0.1) is 6.92 Å². The van der Waals surface area contributed by atoms with Crippen molar-refractivity contribution in [1.82, 2.24) is 10.2 Å². The van der Waals surface area contributed by atoms with E-state index < -0.39 is 0 Å². The number of thioether (sulfide) groups is 1.